The molecule has 1 aromatic heterocycles. The fraction of sp³-hybridized carbons (Fsp3) is 0.450. The molecule has 0 fully saturated rings. The highest BCUT2D eigenvalue weighted by Gasteiger charge is 2.22. The van der Waals surface area contributed by atoms with Crippen LogP contribution in [-0.2, 0) is 20.9 Å². The number of carbonyl (C=O) groups is 2. The summed E-state index contributed by atoms with van der Waals surface area (Å²) in [5.41, 5.74) is 0.00135. The van der Waals surface area contributed by atoms with Crippen LogP contribution in [0.15, 0.2) is 27.4 Å². The van der Waals surface area contributed by atoms with Gasteiger partial charge in [-0.15, -0.1) is 0 Å². The van der Waals surface area contributed by atoms with E-state index in [-0.39, 0.29) is 30.7 Å². The minimum atomic E-state index is -1.33. The molecule has 1 aromatic carbocycles. The van der Waals surface area contributed by atoms with Gasteiger partial charge in [-0.05, 0) is 45.4 Å². The highest BCUT2D eigenvalue weighted by molar-refractivity contribution is 5.84. The number of benzene rings is 1. The van der Waals surface area contributed by atoms with E-state index < -0.39 is 29.2 Å². The summed E-state index contributed by atoms with van der Waals surface area (Å²) in [4.78, 5) is 35.0. The standard InChI is InChI=1S/C20H25NO7/c1-11-9-17(24)27-18-12(11)5-7-15(22)13(18)10-21-14(19(25)26)6-8-16(23)28-20(2,3)4/h5,7,9,14,21-22H,6,8,10H2,1-4H3,(H,25,26)/t14-/m1/s1. The fourth-order valence-electron chi connectivity index (χ4n) is 2.88. The molecule has 1 atom stereocenters. The summed E-state index contributed by atoms with van der Waals surface area (Å²) in [5, 5.41) is 23.7. The van der Waals surface area contributed by atoms with Gasteiger partial charge in [-0.25, -0.2) is 4.79 Å². The summed E-state index contributed by atoms with van der Waals surface area (Å²) in [6.45, 7) is 6.96. The van der Waals surface area contributed by atoms with E-state index in [2.05, 4.69) is 0 Å². The summed E-state index contributed by atoms with van der Waals surface area (Å²) >= 11 is 0. The molecule has 0 bridgehead atoms. The zero-order valence-electron chi connectivity index (χ0n) is 16.4. The third-order valence-corrected chi connectivity index (χ3v) is 4.19. The molecule has 0 unspecified atom stereocenters. The van der Waals surface area contributed by atoms with Crippen molar-refractivity contribution in [2.75, 3.05) is 0 Å². The number of aryl methyl sites for hydroxylation is 1. The Kier molecular flexibility index (Phi) is 6.45. The first-order valence-corrected chi connectivity index (χ1v) is 8.99. The Morgan fingerprint density at radius 2 is 2.00 bits per heavy atom. The van der Waals surface area contributed by atoms with Crippen molar-refractivity contribution in [3.05, 3.63) is 39.7 Å². The molecular weight excluding hydrogens is 366 g/mol. The average Bonchev–Trinajstić information content (AvgIpc) is 2.54. The molecule has 0 amide bonds. The van der Waals surface area contributed by atoms with Crippen LogP contribution in [0.1, 0.15) is 44.7 Å². The third-order valence-electron chi connectivity index (χ3n) is 4.19. The highest BCUT2D eigenvalue weighted by Crippen LogP contribution is 2.27. The predicted octanol–water partition coefficient (Wildman–Crippen LogP) is 0.111. The van der Waals surface area contributed by atoms with Crippen LogP contribution in [0.5, 0.6) is 5.75 Å². The summed E-state index contributed by atoms with van der Waals surface area (Å²) in [6.07, 6.45) is -0.0755. The first kappa shape index (κ1) is 21.4. The van der Waals surface area contributed by atoms with Crippen molar-refractivity contribution in [3.8, 4) is 5.75 Å². The molecule has 2 aromatic rings. The number of carbonyl (C=O) groups excluding carboxylic acids is 2. The van der Waals surface area contributed by atoms with Crippen LogP contribution >= 0.6 is 0 Å². The predicted molar refractivity (Wildman–Crippen MR) is 98.4 cm³/mol. The second-order valence-corrected chi connectivity index (χ2v) is 7.68. The second-order valence-electron chi connectivity index (χ2n) is 7.68. The molecular formula is C20H25NO7. The minimum Gasteiger partial charge on any atom is -0.544 e. The summed E-state index contributed by atoms with van der Waals surface area (Å²) in [7, 11) is 0. The second kappa shape index (κ2) is 8.43. The number of fused-ring (bicyclic) bond motifs is 1. The number of esters is 1. The number of hydrogen-bond donors (Lipinski definition) is 2. The van der Waals surface area contributed by atoms with E-state index in [4.69, 9.17) is 9.15 Å². The maximum absolute atomic E-state index is 11.8. The van der Waals surface area contributed by atoms with E-state index in [1.165, 1.54) is 17.4 Å². The van der Waals surface area contributed by atoms with Gasteiger partial charge < -0.3 is 29.5 Å². The van der Waals surface area contributed by atoms with Crippen molar-refractivity contribution >= 4 is 22.9 Å². The molecule has 0 radical (unpaired) electrons. The van der Waals surface area contributed by atoms with Gasteiger partial charge >= 0.3 is 11.6 Å². The fourth-order valence-corrected chi connectivity index (χ4v) is 2.88. The normalized spacial score (nSPS) is 12.7. The smallest absolute Gasteiger partial charge is 0.336 e. The van der Waals surface area contributed by atoms with Gasteiger partial charge in [-0.1, -0.05) is 0 Å². The first-order valence-electron chi connectivity index (χ1n) is 8.99. The van der Waals surface area contributed by atoms with Crippen LogP contribution in [0.25, 0.3) is 11.0 Å². The van der Waals surface area contributed by atoms with Crippen LogP contribution in [-0.4, -0.2) is 28.7 Å². The van der Waals surface area contributed by atoms with E-state index >= 15 is 0 Å². The lowest BCUT2D eigenvalue weighted by Crippen LogP contribution is -2.91. The van der Waals surface area contributed by atoms with Crippen molar-refractivity contribution in [1.82, 2.24) is 0 Å². The highest BCUT2D eigenvalue weighted by atomic mass is 16.6. The minimum absolute atomic E-state index is 0.00571. The number of quaternary nitrogens is 1. The topological polar surface area (TPSA) is 133 Å². The number of aliphatic carboxylic acids is 1. The lowest BCUT2D eigenvalue weighted by atomic mass is 10.1. The molecule has 0 aliphatic carbocycles. The van der Waals surface area contributed by atoms with Gasteiger partial charge in [0.25, 0.3) is 0 Å². The maximum atomic E-state index is 11.8. The number of aromatic hydroxyl groups is 1. The molecule has 8 heteroatoms. The lowest BCUT2D eigenvalue weighted by molar-refractivity contribution is -0.698. The molecule has 3 N–H and O–H groups in total. The Morgan fingerprint density at radius 1 is 1.32 bits per heavy atom. The monoisotopic (exact) mass is 391 g/mol. The van der Waals surface area contributed by atoms with E-state index in [1.54, 1.807) is 33.8 Å². The van der Waals surface area contributed by atoms with E-state index in [0.29, 0.717) is 16.5 Å². The zero-order chi connectivity index (χ0) is 21.1. The number of hydrogen-bond acceptors (Lipinski definition) is 7. The average molecular weight is 391 g/mol. The molecule has 0 aliphatic rings. The Bertz CT molecular complexity index is 940. The Hall–Kier alpha value is -2.87. The maximum Gasteiger partial charge on any atom is 0.336 e. The number of carboxylic acids is 1. The van der Waals surface area contributed by atoms with Gasteiger partial charge in [0.2, 0.25) is 0 Å². The van der Waals surface area contributed by atoms with Crippen molar-refractivity contribution in [1.29, 1.82) is 0 Å². The van der Waals surface area contributed by atoms with Crippen LogP contribution in [0.2, 0.25) is 0 Å². The molecule has 28 heavy (non-hydrogen) atoms. The number of ether oxygens (including phenoxy) is 1. The molecule has 8 nitrogen and oxygen atoms in total. The SMILES string of the molecule is Cc1cc(=O)oc2c(C[NH2+][C@H](CCC(=O)OC(C)(C)C)C(=O)[O-])c(O)ccc12. The van der Waals surface area contributed by atoms with Crippen LogP contribution in [0, 0.1) is 6.92 Å². The number of carboxylic acid groups (broad SMARTS) is 1. The molecule has 2 rings (SSSR count). The summed E-state index contributed by atoms with van der Waals surface area (Å²) in [6, 6.07) is 3.41. The van der Waals surface area contributed by atoms with Gasteiger partial charge in [-0.2, -0.15) is 0 Å². The number of rotatable bonds is 7. The van der Waals surface area contributed by atoms with Crippen LogP contribution in [0.4, 0.5) is 0 Å². The quantitative estimate of drug-likeness (QED) is 0.505. The van der Waals surface area contributed by atoms with Crippen molar-refractivity contribution < 1.29 is 34.3 Å². The Labute approximate surface area is 162 Å². The van der Waals surface area contributed by atoms with Crippen LogP contribution < -0.4 is 16.0 Å². The van der Waals surface area contributed by atoms with Gasteiger partial charge in [0.15, 0.2) is 5.58 Å². The molecule has 0 aliphatic heterocycles. The van der Waals surface area contributed by atoms with Crippen molar-refractivity contribution in [2.24, 2.45) is 0 Å². The van der Waals surface area contributed by atoms with E-state index in [1.807, 2.05) is 0 Å². The van der Waals surface area contributed by atoms with Gasteiger partial charge in [0.1, 0.15) is 23.9 Å². The number of nitrogens with two attached hydrogens (primary N) is 1. The van der Waals surface area contributed by atoms with Crippen molar-refractivity contribution in [2.45, 2.75) is 58.7 Å². The van der Waals surface area contributed by atoms with E-state index in [0.717, 1.165) is 0 Å². The van der Waals surface area contributed by atoms with Crippen LogP contribution in [0.3, 0.4) is 0 Å². The van der Waals surface area contributed by atoms with Gasteiger partial charge in [-0.3, -0.25) is 4.79 Å². The molecule has 0 saturated carbocycles. The number of phenolic OH excluding ortho intramolecular Hbond substituents is 1. The first-order chi connectivity index (χ1) is 13.0. The zero-order valence-corrected chi connectivity index (χ0v) is 16.4. The molecule has 0 spiro atoms. The van der Waals surface area contributed by atoms with Gasteiger partial charge in [0.05, 0.1) is 18.0 Å². The molecule has 0 saturated heterocycles. The Balaban J connectivity index is 2.16. The lowest BCUT2D eigenvalue weighted by Gasteiger charge is -2.21. The third kappa shape index (κ3) is 5.56. The summed E-state index contributed by atoms with van der Waals surface area (Å²) < 4.78 is 10.4. The molecule has 152 valence electrons. The summed E-state index contributed by atoms with van der Waals surface area (Å²) in [5.74, 6) is -1.94. The largest absolute Gasteiger partial charge is 0.544 e. The van der Waals surface area contributed by atoms with Gasteiger partial charge in [0, 0.05) is 17.9 Å². The number of phenols is 1. The molecule has 1 heterocycles. The van der Waals surface area contributed by atoms with E-state index in [9.17, 15) is 24.6 Å². The Morgan fingerprint density at radius 3 is 2.61 bits per heavy atom. The van der Waals surface area contributed by atoms with Crippen molar-refractivity contribution in [3.63, 3.8) is 0 Å².